The number of hydrogen-bond acceptors (Lipinski definition) is 5. The molecule has 1 spiro atoms. The summed E-state index contributed by atoms with van der Waals surface area (Å²) in [5.41, 5.74) is 0.844. The van der Waals surface area contributed by atoms with Crippen LogP contribution in [0, 0.1) is 0 Å². The van der Waals surface area contributed by atoms with E-state index < -0.39 is 24.3 Å². The van der Waals surface area contributed by atoms with Crippen LogP contribution in [0.3, 0.4) is 0 Å². The van der Waals surface area contributed by atoms with Gasteiger partial charge >= 0.3 is 5.97 Å². The first kappa shape index (κ1) is 17.7. The van der Waals surface area contributed by atoms with Crippen molar-refractivity contribution in [1.82, 2.24) is 0 Å². The fraction of sp³-hybridized carbons (Fsp3) is 0.300. The molecule has 1 fully saturated rings. The normalized spacial score (nSPS) is 16.3. The quantitative estimate of drug-likeness (QED) is 0.797. The van der Waals surface area contributed by atoms with E-state index in [4.69, 9.17) is 25.8 Å². The largest absolute Gasteiger partial charge is 0.452 e. The molecular formula is C20H18ClNO5. The van der Waals surface area contributed by atoms with Gasteiger partial charge in [-0.2, -0.15) is 0 Å². The van der Waals surface area contributed by atoms with Crippen molar-refractivity contribution in [1.29, 1.82) is 0 Å². The summed E-state index contributed by atoms with van der Waals surface area (Å²) in [5.74, 6) is -0.300. The predicted octanol–water partition coefficient (Wildman–Crippen LogP) is 4.18. The van der Waals surface area contributed by atoms with E-state index in [1.54, 1.807) is 36.4 Å². The Kier molecular flexibility index (Phi) is 4.66. The minimum Gasteiger partial charge on any atom is -0.452 e. The van der Waals surface area contributed by atoms with Gasteiger partial charge in [-0.25, -0.2) is 4.79 Å². The van der Waals surface area contributed by atoms with Crippen molar-refractivity contribution in [2.75, 3.05) is 11.9 Å². The molecule has 1 N–H and O–H groups in total. The SMILES string of the molecule is O=C(COC(=O)c1cccc(Cl)c1)Nc1ccc2c(c1)OC1(CCCC1)O2. The third-order valence-electron chi connectivity index (χ3n) is 4.58. The van der Waals surface area contributed by atoms with Gasteiger partial charge in [-0.15, -0.1) is 0 Å². The maximum Gasteiger partial charge on any atom is 0.338 e. The average Bonchev–Trinajstić information content (AvgIpc) is 3.25. The summed E-state index contributed by atoms with van der Waals surface area (Å²) >= 11 is 5.84. The van der Waals surface area contributed by atoms with Gasteiger partial charge < -0.3 is 19.5 Å². The number of halogens is 1. The summed E-state index contributed by atoms with van der Waals surface area (Å²) in [7, 11) is 0. The van der Waals surface area contributed by atoms with Crippen molar-refractivity contribution in [3.63, 3.8) is 0 Å². The predicted molar refractivity (Wildman–Crippen MR) is 99.3 cm³/mol. The molecule has 1 aliphatic carbocycles. The van der Waals surface area contributed by atoms with Crippen LogP contribution in [0.2, 0.25) is 5.02 Å². The van der Waals surface area contributed by atoms with Crippen LogP contribution < -0.4 is 14.8 Å². The fourth-order valence-corrected chi connectivity index (χ4v) is 3.51. The number of carbonyl (C=O) groups is 2. The van der Waals surface area contributed by atoms with Crippen LogP contribution in [0.4, 0.5) is 5.69 Å². The van der Waals surface area contributed by atoms with Crippen LogP contribution in [0.25, 0.3) is 0 Å². The molecule has 2 aliphatic rings. The molecule has 2 aromatic carbocycles. The van der Waals surface area contributed by atoms with Crippen molar-refractivity contribution >= 4 is 29.2 Å². The van der Waals surface area contributed by atoms with Gasteiger partial charge in [0.25, 0.3) is 11.7 Å². The van der Waals surface area contributed by atoms with Crippen molar-refractivity contribution < 1.29 is 23.8 Å². The molecule has 4 rings (SSSR count). The lowest BCUT2D eigenvalue weighted by molar-refractivity contribution is -0.119. The van der Waals surface area contributed by atoms with Crippen LogP contribution in [0.1, 0.15) is 36.0 Å². The van der Waals surface area contributed by atoms with E-state index in [1.807, 2.05) is 0 Å². The Balaban J connectivity index is 1.33. The molecule has 27 heavy (non-hydrogen) atoms. The zero-order valence-electron chi connectivity index (χ0n) is 14.5. The van der Waals surface area contributed by atoms with Gasteiger partial charge in [0.2, 0.25) is 0 Å². The van der Waals surface area contributed by atoms with Gasteiger partial charge in [0.15, 0.2) is 18.1 Å². The topological polar surface area (TPSA) is 73.9 Å². The minimum absolute atomic E-state index is 0.292. The van der Waals surface area contributed by atoms with Gasteiger partial charge in [0.1, 0.15) is 0 Å². The average molecular weight is 388 g/mol. The fourth-order valence-electron chi connectivity index (χ4n) is 3.32. The first-order chi connectivity index (χ1) is 13.0. The highest BCUT2D eigenvalue weighted by Gasteiger charge is 2.44. The summed E-state index contributed by atoms with van der Waals surface area (Å²) in [6.45, 7) is -0.399. The van der Waals surface area contributed by atoms with Gasteiger partial charge in [0, 0.05) is 29.6 Å². The molecule has 6 nitrogen and oxygen atoms in total. The van der Waals surface area contributed by atoms with E-state index in [-0.39, 0.29) is 0 Å². The van der Waals surface area contributed by atoms with E-state index in [0.717, 1.165) is 25.7 Å². The lowest BCUT2D eigenvalue weighted by Gasteiger charge is -2.21. The molecule has 0 aromatic heterocycles. The first-order valence-electron chi connectivity index (χ1n) is 8.78. The minimum atomic E-state index is -0.610. The molecule has 0 atom stereocenters. The zero-order chi connectivity index (χ0) is 18.9. The number of nitrogens with one attached hydrogen (secondary N) is 1. The van der Waals surface area contributed by atoms with E-state index in [0.29, 0.717) is 27.8 Å². The Morgan fingerprint density at radius 2 is 1.85 bits per heavy atom. The number of anilines is 1. The first-order valence-corrected chi connectivity index (χ1v) is 9.15. The number of carbonyl (C=O) groups excluding carboxylic acids is 2. The number of amides is 1. The Bertz CT molecular complexity index is 892. The standard InChI is InChI=1S/C20H18ClNO5/c21-14-5-3-4-13(10-14)19(24)25-12-18(23)22-15-6-7-16-17(11-15)27-20(26-16)8-1-2-9-20/h3-7,10-11H,1-2,8-9,12H2,(H,22,23). The van der Waals surface area contributed by atoms with Crippen molar-refractivity contribution in [3.05, 3.63) is 53.1 Å². The smallest absolute Gasteiger partial charge is 0.338 e. The van der Waals surface area contributed by atoms with E-state index >= 15 is 0 Å². The second-order valence-electron chi connectivity index (χ2n) is 6.62. The number of hydrogen-bond donors (Lipinski definition) is 1. The van der Waals surface area contributed by atoms with Crippen LogP contribution in [0.5, 0.6) is 11.5 Å². The van der Waals surface area contributed by atoms with Crippen molar-refractivity contribution in [2.24, 2.45) is 0 Å². The third-order valence-corrected chi connectivity index (χ3v) is 4.81. The second kappa shape index (κ2) is 7.12. The number of esters is 1. The maximum absolute atomic E-state index is 12.1. The molecule has 7 heteroatoms. The summed E-state index contributed by atoms with van der Waals surface area (Å²) in [6, 6.07) is 11.6. The molecule has 1 saturated carbocycles. The molecule has 1 amide bonds. The van der Waals surface area contributed by atoms with Gasteiger partial charge in [0.05, 0.1) is 5.56 Å². The summed E-state index contributed by atoms with van der Waals surface area (Å²) < 4.78 is 16.9. The summed E-state index contributed by atoms with van der Waals surface area (Å²) in [5, 5.41) is 3.12. The molecule has 2 aromatic rings. The Hall–Kier alpha value is -2.73. The number of fused-ring (bicyclic) bond motifs is 1. The Morgan fingerprint density at radius 3 is 2.63 bits per heavy atom. The summed E-state index contributed by atoms with van der Waals surface area (Å²) in [4.78, 5) is 24.0. The lowest BCUT2D eigenvalue weighted by Crippen LogP contribution is -2.34. The molecule has 1 aliphatic heterocycles. The maximum atomic E-state index is 12.1. The third kappa shape index (κ3) is 3.85. The number of benzene rings is 2. The van der Waals surface area contributed by atoms with Gasteiger partial charge in [-0.05, 0) is 43.2 Å². The molecule has 140 valence electrons. The molecule has 0 radical (unpaired) electrons. The van der Waals surface area contributed by atoms with Crippen LogP contribution >= 0.6 is 11.6 Å². The Labute approximate surface area is 161 Å². The zero-order valence-corrected chi connectivity index (χ0v) is 15.3. The molecule has 1 heterocycles. The molecule has 0 saturated heterocycles. The van der Waals surface area contributed by atoms with Gasteiger partial charge in [-0.1, -0.05) is 17.7 Å². The van der Waals surface area contributed by atoms with Crippen LogP contribution in [0.15, 0.2) is 42.5 Å². The van der Waals surface area contributed by atoms with Crippen LogP contribution in [-0.4, -0.2) is 24.3 Å². The summed E-state index contributed by atoms with van der Waals surface area (Å²) in [6.07, 6.45) is 3.89. The molecule has 0 unspecified atom stereocenters. The highest BCUT2D eigenvalue weighted by molar-refractivity contribution is 6.30. The number of ether oxygens (including phenoxy) is 3. The van der Waals surface area contributed by atoms with E-state index in [1.165, 1.54) is 6.07 Å². The van der Waals surface area contributed by atoms with E-state index in [2.05, 4.69) is 5.32 Å². The van der Waals surface area contributed by atoms with Crippen molar-refractivity contribution in [3.8, 4) is 11.5 Å². The molecular weight excluding hydrogens is 370 g/mol. The highest BCUT2D eigenvalue weighted by atomic mass is 35.5. The van der Waals surface area contributed by atoms with E-state index in [9.17, 15) is 9.59 Å². The van der Waals surface area contributed by atoms with Crippen LogP contribution in [-0.2, 0) is 9.53 Å². The molecule has 0 bridgehead atoms. The second-order valence-corrected chi connectivity index (χ2v) is 7.05. The monoisotopic (exact) mass is 387 g/mol. The van der Waals surface area contributed by atoms with Crippen molar-refractivity contribution in [2.45, 2.75) is 31.5 Å². The Morgan fingerprint density at radius 1 is 1.07 bits per heavy atom. The lowest BCUT2D eigenvalue weighted by atomic mass is 10.2. The highest BCUT2D eigenvalue weighted by Crippen LogP contribution is 2.47. The van der Waals surface area contributed by atoms with Gasteiger partial charge in [-0.3, -0.25) is 4.79 Å². The number of rotatable bonds is 4.